The van der Waals surface area contributed by atoms with Gasteiger partial charge in [-0.25, -0.2) is 0 Å². The predicted molar refractivity (Wildman–Crippen MR) is 33.0 cm³/mol. The van der Waals surface area contributed by atoms with Crippen LogP contribution in [0, 0.1) is 12.8 Å². The fourth-order valence-electron chi connectivity index (χ4n) is 0.493. The molecule has 1 rings (SSSR count). The number of hydrogen-bond donors (Lipinski definition) is 0. The molecular weight excluding hydrogens is 205 g/mol. The standard InChI is InChI=1S/C5H9.BrH.Zn/c1-5-3-2-4-5;;/h5H,1-4H2;1H;/q-1;;. The summed E-state index contributed by atoms with van der Waals surface area (Å²) in [7, 11) is 0. The molecule has 0 saturated heterocycles. The van der Waals surface area contributed by atoms with Gasteiger partial charge in [0.1, 0.15) is 0 Å². The molecule has 1 aliphatic rings. The molecule has 0 unspecified atom stereocenters. The van der Waals surface area contributed by atoms with Gasteiger partial charge < -0.3 is 6.92 Å². The minimum absolute atomic E-state index is 0. The van der Waals surface area contributed by atoms with Crippen LogP contribution in [0.3, 0.4) is 0 Å². The van der Waals surface area contributed by atoms with Crippen LogP contribution >= 0.6 is 17.0 Å². The molecule has 1 aliphatic carbocycles. The summed E-state index contributed by atoms with van der Waals surface area (Å²) in [5, 5.41) is 0. The van der Waals surface area contributed by atoms with Crippen LogP contribution in [-0.4, -0.2) is 0 Å². The fourth-order valence-corrected chi connectivity index (χ4v) is 0.493. The van der Waals surface area contributed by atoms with E-state index in [1.165, 1.54) is 19.3 Å². The Hall–Kier alpha value is 1.10. The molecule has 0 N–H and O–H groups in total. The zero-order valence-electron chi connectivity index (χ0n) is 4.52. The van der Waals surface area contributed by atoms with Crippen LogP contribution in [0.15, 0.2) is 0 Å². The third-order valence-corrected chi connectivity index (χ3v) is 1.22. The van der Waals surface area contributed by atoms with Crippen molar-refractivity contribution in [1.82, 2.24) is 0 Å². The number of halogens is 1. The minimum atomic E-state index is 0. The molecule has 40 valence electrons. The van der Waals surface area contributed by atoms with E-state index >= 15 is 0 Å². The Labute approximate surface area is 68.6 Å². The maximum atomic E-state index is 3.84. The Morgan fingerprint density at radius 3 is 1.57 bits per heavy atom. The summed E-state index contributed by atoms with van der Waals surface area (Å²) in [6, 6.07) is 0. The maximum absolute atomic E-state index is 3.84. The van der Waals surface area contributed by atoms with Crippen LogP contribution in [-0.2, 0) is 19.5 Å². The van der Waals surface area contributed by atoms with Gasteiger partial charge in [0.2, 0.25) is 0 Å². The summed E-state index contributed by atoms with van der Waals surface area (Å²) in [5.41, 5.74) is 0. The molecule has 0 aliphatic heterocycles. The van der Waals surface area contributed by atoms with Crippen molar-refractivity contribution >= 4 is 17.0 Å². The molecule has 0 bridgehead atoms. The molecule has 7 heavy (non-hydrogen) atoms. The van der Waals surface area contributed by atoms with E-state index in [0.717, 1.165) is 5.92 Å². The second-order valence-corrected chi connectivity index (χ2v) is 1.80. The third kappa shape index (κ3) is 3.67. The number of hydrogen-bond acceptors (Lipinski definition) is 0. The van der Waals surface area contributed by atoms with Gasteiger partial charge in [0.25, 0.3) is 0 Å². The molecular formula is C5H10BrZn-. The molecule has 0 aromatic heterocycles. The summed E-state index contributed by atoms with van der Waals surface area (Å²) < 4.78 is 0. The van der Waals surface area contributed by atoms with Gasteiger partial charge in [-0.3, -0.25) is 0 Å². The van der Waals surface area contributed by atoms with Crippen LogP contribution in [0.4, 0.5) is 0 Å². The normalized spacial score (nSPS) is 18.4. The van der Waals surface area contributed by atoms with Gasteiger partial charge in [-0.15, -0.1) is 17.0 Å². The van der Waals surface area contributed by atoms with Gasteiger partial charge in [0, 0.05) is 19.5 Å². The molecule has 2 heteroatoms. The molecule has 0 radical (unpaired) electrons. The molecule has 0 heterocycles. The molecule has 0 atom stereocenters. The molecule has 0 spiro atoms. The van der Waals surface area contributed by atoms with Crippen molar-refractivity contribution in [2.45, 2.75) is 19.3 Å². The summed E-state index contributed by atoms with van der Waals surface area (Å²) in [6.07, 6.45) is 4.17. The van der Waals surface area contributed by atoms with Crippen molar-refractivity contribution in [2.75, 3.05) is 0 Å². The second-order valence-electron chi connectivity index (χ2n) is 1.80. The Bertz CT molecular complexity index is 35.1. The SMILES string of the molecule is Br.[CH2-]C1CCC1.[Zn]. The van der Waals surface area contributed by atoms with E-state index in [4.69, 9.17) is 0 Å². The number of rotatable bonds is 0. The molecule has 1 fully saturated rings. The van der Waals surface area contributed by atoms with Gasteiger partial charge in [-0.05, 0) is 0 Å². The van der Waals surface area contributed by atoms with Crippen LogP contribution in [0.5, 0.6) is 0 Å². The monoisotopic (exact) mass is 213 g/mol. The second kappa shape index (κ2) is 5.24. The molecule has 0 aromatic carbocycles. The Balaban J connectivity index is 0. The Morgan fingerprint density at radius 2 is 1.57 bits per heavy atom. The quantitative estimate of drug-likeness (QED) is 0.429. The maximum Gasteiger partial charge on any atom is 0 e. The van der Waals surface area contributed by atoms with E-state index in [1.807, 2.05) is 0 Å². The zero-order valence-corrected chi connectivity index (χ0v) is 9.20. The van der Waals surface area contributed by atoms with Crippen molar-refractivity contribution in [2.24, 2.45) is 5.92 Å². The molecule has 1 saturated carbocycles. The Kier molecular flexibility index (Phi) is 8.22. The van der Waals surface area contributed by atoms with Gasteiger partial charge in [0.05, 0.1) is 0 Å². The minimum Gasteiger partial charge on any atom is -0.340 e. The topological polar surface area (TPSA) is 0 Å². The zero-order chi connectivity index (χ0) is 3.70. The van der Waals surface area contributed by atoms with Crippen LogP contribution in [0.25, 0.3) is 0 Å². The van der Waals surface area contributed by atoms with Crippen molar-refractivity contribution < 1.29 is 19.5 Å². The third-order valence-electron chi connectivity index (χ3n) is 1.22. The van der Waals surface area contributed by atoms with Gasteiger partial charge in [0.15, 0.2) is 0 Å². The molecule has 0 aromatic rings. The summed E-state index contributed by atoms with van der Waals surface area (Å²) in [5.74, 6) is 0.815. The van der Waals surface area contributed by atoms with E-state index in [0.29, 0.717) is 0 Å². The van der Waals surface area contributed by atoms with Gasteiger partial charge >= 0.3 is 0 Å². The van der Waals surface area contributed by atoms with Crippen molar-refractivity contribution in [3.8, 4) is 0 Å². The average molecular weight is 215 g/mol. The van der Waals surface area contributed by atoms with Crippen molar-refractivity contribution in [1.29, 1.82) is 0 Å². The predicted octanol–water partition coefficient (Wildman–Crippen LogP) is 2.20. The smallest absolute Gasteiger partial charge is 0 e. The van der Waals surface area contributed by atoms with E-state index in [-0.39, 0.29) is 36.5 Å². The largest absolute Gasteiger partial charge is 0.340 e. The van der Waals surface area contributed by atoms with Crippen LogP contribution in [0.1, 0.15) is 19.3 Å². The first-order valence-corrected chi connectivity index (χ1v) is 2.22. The first-order valence-electron chi connectivity index (χ1n) is 2.22. The van der Waals surface area contributed by atoms with Crippen molar-refractivity contribution in [3.05, 3.63) is 6.92 Å². The molecule has 0 amide bonds. The van der Waals surface area contributed by atoms with Gasteiger partial charge in [-0.1, -0.05) is 19.3 Å². The summed E-state index contributed by atoms with van der Waals surface area (Å²) in [4.78, 5) is 0. The van der Waals surface area contributed by atoms with E-state index in [1.54, 1.807) is 0 Å². The van der Waals surface area contributed by atoms with E-state index in [9.17, 15) is 0 Å². The van der Waals surface area contributed by atoms with E-state index in [2.05, 4.69) is 6.92 Å². The summed E-state index contributed by atoms with van der Waals surface area (Å²) in [6.45, 7) is 3.84. The Morgan fingerprint density at radius 1 is 1.29 bits per heavy atom. The van der Waals surface area contributed by atoms with Crippen molar-refractivity contribution in [3.63, 3.8) is 0 Å². The molecule has 0 nitrogen and oxygen atoms in total. The van der Waals surface area contributed by atoms with Crippen LogP contribution in [0.2, 0.25) is 0 Å². The average Bonchev–Trinajstić information content (AvgIpc) is 1.30. The van der Waals surface area contributed by atoms with Crippen LogP contribution < -0.4 is 0 Å². The van der Waals surface area contributed by atoms with Gasteiger partial charge in [-0.2, -0.15) is 5.92 Å². The van der Waals surface area contributed by atoms with E-state index < -0.39 is 0 Å². The first kappa shape index (κ1) is 11.0. The summed E-state index contributed by atoms with van der Waals surface area (Å²) >= 11 is 0. The fraction of sp³-hybridized carbons (Fsp3) is 0.800. The first-order chi connectivity index (χ1) is 2.39.